The van der Waals surface area contributed by atoms with Gasteiger partial charge in [-0.1, -0.05) is 22.5 Å². The molecule has 1 heterocycles. The third-order valence-corrected chi connectivity index (χ3v) is 2.91. The predicted octanol–water partition coefficient (Wildman–Crippen LogP) is 3.12. The van der Waals surface area contributed by atoms with Crippen LogP contribution in [-0.2, 0) is 13.1 Å². The van der Waals surface area contributed by atoms with Crippen molar-refractivity contribution in [2.45, 2.75) is 33.9 Å². The van der Waals surface area contributed by atoms with E-state index in [0.29, 0.717) is 0 Å². The molecular formula is C12H19BrN2. The van der Waals surface area contributed by atoms with Crippen molar-refractivity contribution < 1.29 is 0 Å². The molecule has 3 heteroatoms. The van der Waals surface area contributed by atoms with Crippen molar-refractivity contribution >= 4 is 15.9 Å². The third kappa shape index (κ3) is 3.21. The average Bonchev–Trinajstić information content (AvgIpc) is 2.41. The molecule has 0 bridgehead atoms. The van der Waals surface area contributed by atoms with Gasteiger partial charge in [-0.3, -0.25) is 0 Å². The van der Waals surface area contributed by atoms with Gasteiger partial charge >= 0.3 is 0 Å². The summed E-state index contributed by atoms with van der Waals surface area (Å²) in [5.41, 5.74) is 4.08. The van der Waals surface area contributed by atoms with Gasteiger partial charge in [-0.2, -0.15) is 0 Å². The monoisotopic (exact) mass is 270 g/mol. The summed E-state index contributed by atoms with van der Waals surface area (Å²) < 4.78 is 3.33. The molecular weight excluding hydrogens is 252 g/mol. The van der Waals surface area contributed by atoms with Crippen molar-refractivity contribution in [1.82, 2.24) is 9.88 Å². The minimum Gasteiger partial charge on any atom is -0.349 e. The molecule has 0 saturated heterocycles. The van der Waals surface area contributed by atoms with Crippen molar-refractivity contribution in [3.8, 4) is 0 Å². The molecule has 1 aromatic heterocycles. The summed E-state index contributed by atoms with van der Waals surface area (Å²) >= 11 is 3.34. The van der Waals surface area contributed by atoms with Crippen molar-refractivity contribution in [3.05, 3.63) is 34.1 Å². The topological polar surface area (TPSA) is 17.0 Å². The lowest BCUT2D eigenvalue weighted by molar-refractivity contribution is 0.702. The molecule has 0 aliphatic carbocycles. The standard InChI is InChI=1S/C12H19BrN2/c1-5-15-10(3)6-12(11(15)4)8-14-7-9(2)13/h6,14H,2,5,7-8H2,1,3-4H3. The van der Waals surface area contributed by atoms with E-state index in [9.17, 15) is 0 Å². The largest absolute Gasteiger partial charge is 0.349 e. The summed E-state index contributed by atoms with van der Waals surface area (Å²) in [5, 5.41) is 3.35. The predicted molar refractivity (Wildman–Crippen MR) is 69.4 cm³/mol. The number of hydrogen-bond acceptors (Lipinski definition) is 1. The number of rotatable bonds is 5. The first kappa shape index (κ1) is 12.5. The van der Waals surface area contributed by atoms with Crippen LogP contribution in [0.1, 0.15) is 23.9 Å². The van der Waals surface area contributed by atoms with Crippen LogP contribution in [0, 0.1) is 13.8 Å². The maximum Gasteiger partial charge on any atom is 0.0268 e. The molecule has 0 unspecified atom stereocenters. The van der Waals surface area contributed by atoms with Crippen LogP contribution >= 0.6 is 15.9 Å². The Labute approximate surface area is 100 Å². The molecule has 1 N–H and O–H groups in total. The normalized spacial score (nSPS) is 10.7. The molecule has 0 spiro atoms. The van der Waals surface area contributed by atoms with Gasteiger partial charge in [0.25, 0.3) is 0 Å². The van der Waals surface area contributed by atoms with E-state index in [4.69, 9.17) is 0 Å². The molecule has 15 heavy (non-hydrogen) atoms. The van der Waals surface area contributed by atoms with Crippen LogP contribution in [0.2, 0.25) is 0 Å². The van der Waals surface area contributed by atoms with Crippen LogP contribution < -0.4 is 5.32 Å². The molecule has 2 nitrogen and oxygen atoms in total. The Balaban J connectivity index is 2.65. The number of halogens is 1. The smallest absolute Gasteiger partial charge is 0.0268 e. The minimum atomic E-state index is 0.815. The Kier molecular flexibility index (Phi) is 4.61. The molecule has 0 aliphatic rings. The van der Waals surface area contributed by atoms with E-state index in [2.05, 4.69) is 59.2 Å². The number of aryl methyl sites for hydroxylation is 1. The SMILES string of the molecule is C=C(Br)CNCc1cc(C)n(CC)c1C. The molecule has 0 aromatic carbocycles. The van der Waals surface area contributed by atoms with Crippen LogP contribution in [0.4, 0.5) is 0 Å². The second-order valence-corrected chi connectivity index (χ2v) is 4.88. The Morgan fingerprint density at radius 3 is 2.67 bits per heavy atom. The van der Waals surface area contributed by atoms with E-state index in [1.165, 1.54) is 17.0 Å². The molecule has 0 saturated carbocycles. The third-order valence-electron chi connectivity index (χ3n) is 2.63. The quantitative estimate of drug-likeness (QED) is 0.870. The van der Waals surface area contributed by atoms with E-state index < -0.39 is 0 Å². The maximum atomic E-state index is 3.80. The van der Waals surface area contributed by atoms with Gasteiger partial charge < -0.3 is 9.88 Å². The molecule has 0 atom stereocenters. The zero-order valence-corrected chi connectivity index (χ0v) is 11.3. The fraction of sp³-hybridized carbons (Fsp3) is 0.500. The van der Waals surface area contributed by atoms with Gasteiger partial charge in [0.15, 0.2) is 0 Å². The highest BCUT2D eigenvalue weighted by Gasteiger charge is 2.06. The van der Waals surface area contributed by atoms with Crippen molar-refractivity contribution in [1.29, 1.82) is 0 Å². The van der Waals surface area contributed by atoms with Crippen LogP contribution in [0.5, 0.6) is 0 Å². The Hall–Kier alpha value is -0.540. The van der Waals surface area contributed by atoms with E-state index >= 15 is 0 Å². The average molecular weight is 271 g/mol. The molecule has 0 aliphatic heterocycles. The van der Waals surface area contributed by atoms with Gasteiger partial charge in [-0.25, -0.2) is 0 Å². The Morgan fingerprint density at radius 2 is 2.20 bits per heavy atom. The molecule has 0 radical (unpaired) electrons. The summed E-state index contributed by atoms with van der Waals surface area (Å²) in [5.74, 6) is 0. The lowest BCUT2D eigenvalue weighted by atomic mass is 10.2. The van der Waals surface area contributed by atoms with E-state index in [1.54, 1.807) is 0 Å². The van der Waals surface area contributed by atoms with Crippen LogP contribution in [0.3, 0.4) is 0 Å². The Morgan fingerprint density at radius 1 is 1.53 bits per heavy atom. The van der Waals surface area contributed by atoms with E-state index in [-0.39, 0.29) is 0 Å². The lowest BCUT2D eigenvalue weighted by Gasteiger charge is -2.06. The first-order valence-corrected chi connectivity index (χ1v) is 6.05. The highest BCUT2D eigenvalue weighted by Crippen LogP contribution is 2.14. The highest BCUT2D eigenvalue weighted by atomic mass is 79.9. The Bertz CT molecular complexity index is 353. The second-order valence-electron chi connectivity index (χ2n) is 3.76. The van der Waals surface area contributed by atoms with Crippen molar-refractivity contribution in [2.24, 2.45) is 0 Å². The summed E-state index contributed by atoms with van der Waals surface area (Å²) in [7, 11) is 0. The summed E-state index contributed by atoms with van der Waals surface area (Å²) in [6, 6.07) is 2.25. The molecule has 0 amide bonds. The fourth-order valence-electron chi connectivity index (χ4n) is 1.87. The molecule has 84 valence electrons. The summed E-state index contributed by atoms with van der Waals surface area (Å²) in [4.78, 5) is 0. The van der Waals surface area contributed by atoms with Gasteiger partial charge in [0.05, 0.1) is 0 Å². The summed E-state index contributed by atoms with van der Waals surface area (Å²) in [6.45, 7) is 13.1. The fourth-order valence-corrected chi connectivity index (χ4v) is 2.07. The van der Waals surface area contributed by atoms with Crippen molar-refractivity contribution in [3.63, 3.8) is 0 Å². The zero-order chi connectivity index (χ0) is 11.4. The van der Waals surface area contributed by atoms with Gasteiger partial charge in [0.2, 0.25) is 0 Å². The van der Waals surface area contributed by atoms with Gasteiger partial charge in [0.1, 0.15) is 0 Å². The number of nitrogens with one attached hydrogen (secondary N) is 1. The molecule has 1 rings (SSSR count). The number of nitrogens with zero attached hydrogens (tertiary/aromatic N) is 1. The first-order chi connectivity index (χ1) is 7.06. The summed E-state index contributed by atoms with van der Waals surface area (Å²) in [6.07, 6.45) is 0. The van der Waals surface area contributed by atoms with Crippen molar-refractivity contribution in [2.75, 3.05) is 6.54 Å². The van der Waals surface area contributed by atoms with Gasteiger partial charge in [0, 0.05) is 35.5 Å². The maximum absolute atomic E-state index is 3.80. The number of aromatic nitrogens is 1. The van der Waals surface area contributed by atoms with Gasteiger partial charge in [-0.15, -0.1) is 0 Å². The van der Waals surface area contributed by atoms with Crippen LogP contribution in [-0.4, -0.2) is 11.1 Å². The van der Waals surface area contributed by atoms with Crippen LogP contribution in [0.25, 0.3) is 0 Å². The molecule has 0 fully saturated rings. The number of hydrogen-bond donors (Lipinski definition) is 1. The first-order valence-electron chi connectivity index (χ1n) is 5.25. The lowest BCUT2D eigenvalue weighted by Crippen LogP contribution is -2.15. The highest BCUT2D eigenvalue weighted by molar-refractivity contribution is 9.11. The van der Waals surface area contributed by atoms with Gasteiger partial charge in [-0.05, 0) is 32.4 Å². The van der Waals surface area contributed by atoms with E-state index in [0.717, 1.165) is 24.1 Å². The zero-order valence-electron chi connectivity index (χ0n) is 9.73. The molecule has 1 aromatic rings. The van der Waals surface area contributed by atoms with Crippen LogP contribution in [0.15, 0.2) is 17.1 Å². The minimum absolute atomic E-state index is 0.815. The van der Waals surface area contributed by atoms with E-state index in [1.807, 2.05) is 0 Å². The second kappa shape index (κ2) is 5.52.